The lowest BCUT2D eigenvalue weighted by Gasteiger charge is -2.20. The lowest BCUT2D eigenvalue weighted by molar-refractivity contribution is -0.145. The van der Waals surface area contributed by atoms with Gasteiger partial charge in [-0.1, -0.05) is 12.1 Å². The Hall–Kier alpha value is -2.41. The minimum absolute atomic E-state index is 0.220. The van der Waals surface area contributed by atoms with Crippen LogP contribution in [0.3, 0.4) is 0 Å². The van der Waals surface area contributed by atoms with Crippen LogP contribution in [0.2, 0.25) is 0 Å². The van der Waals surface area contributed by atoms with Crippen molar-refractivity contribution in [2.24, 2.45) is 0 Å². The summed E-state index contributed by atoms with van der Waals surface area (Å²) in [5.74, 6) is -2.02. The molecule has 0 saturated carbocycles. The zero-order valence-electron chi connectivity index (χ0n) is 10.2. The molecule has 7 nitrogen and oxygen atoms in total. The van der Waals surface area contributed by atoms with E-state index in [9.17, 15) is 14.7 Å². The van der Waals surface area contributed by atoms with Gasteiger partial charge in [0, 0.05) is 0 Å². The fourth-order valence-electron chi connectivity index (χ4n) is 1.92. The molecule has 0 bridgehead atoms. The molecular formula is C12H13N3O4. The Bertz CT molecular complexity index is 589. The number of para-hydroxylation sites is 2. The number of benzene rings is 1. The lowest BCUT2D eigenvalue weighted by atomic mass is 10.2. The van der Waals surface area contributed by atoms with Crippen LogP contribution in [0.15, 0.2) is 24.3 Å². The third kappa shape index (κ3) is 2.71. The molecule has 7 heteroatoms. The Kier molecular flexibility index (Phi) is 3.48. The molecule has 1 aromatic heterocycles. The van der Waals surface area contributed by atoms with Crippen LogP contribution in [0, 0.1) is 0 Å². The second kappa shape index (κ2) is 5.07. The van der Waals surface area contributed by atoms with Crippen molar-refractivity contribution >= 4 is 23.0 Å². The predicted molar refractivity (Wildman–Crippen MR) is 66.7 cm³/mol. The van der Waals surface area contributed by atoms with Gasteiger partial charge in [-0.15, -0.1) is 0 Å². The van der Waals surface area contributed by atoms with Gasteiger partial charge in [0.05, 0.1) is 17.6 Å². The molecule has 0 spiro atoms. The van der Waals surface area contributed by atoms with Crippen LogP contribution < -0.4 is 0 Å². The summed E-state index contributed by atoms with van der Waals surface area (Å²) in [5.41, 5.74) is 1.36. The van der Waals surface area contributed by atoms with Crippen LogP contribution >= 0.6 is 0 Å². The number of imidazole rings is 1. The summed E-state index contributed by atoms with van der Waals surface area (Å²) in [7, 11) is 1.43. The first-order valence-corrected chi connectivity index (χ1v) is 5.58. The Morgan fingerprint density at radius 2 is 2.05 bits per heavy atom. The van der Waals surface area contributed by atoms with Crippen molar-refractivity contribution in [1.82, 2.24) is 14.9 Å². The fraction of sp³-hybridized carbons (Fsp3) is 0.250. The number of likely N-dealkylation sites (N-methyl/N-ethyl adjacent to an activating group) is 1. The molecule has 19 heavy (non-hydrogen) atoms. The number of carbonyl (C=O) groups is 2. The van der Waals surface area contributed by atoms with Crippen LogP contribution in [-0.2, 0) is 9.59 Å². The molecular weight excluding hydrogens is 250 g/mol. The van der Waals surface area contributed by atoms with Gasteiger partial charge in [-0.05, 0) is 19.2 Å². The number of carboxylic acids is 2. The SMILES string of the molecule is CN(CC(=O)O)C(C(=O)O)c1nc2ccccc2[nH]1. The summed E-state index contributed by atoms with van der Waals surface area (Å²) < 4.78 is 0. The number of aliphatic carboxylic acids is 2. The average molecular weight is 263 g/mol. The van der Waals surface area contributed by atoms with Crippen molar-refractivity contribution in [3.8, 4) is 0 Å². The predicted octanol–water partition coefficient (Wildman–Crippen LogP) is 0.705. The van der Waals surface area contributed by atoms with Gasteiger partial charge in [0.15, 0.2) is 6.04 Å². The smallest absolute Gasteiger partial charge is 0.328 e. The number of nitrogens with zero attached hydrogens (tertiary/aromatic N) is 2. The number of aromatic amines is 1. The van der Waals surface area contributed by atoms with Crippen LogP contribution in [0.25, 0.3) is 11.0 Å². The minimum Gasteiger partial charge on any atom is -0.480 e. The molecule has 0 aliphatic rings. The molecule has 1 unspecified atom stereocenters. The number of H-pyrrole nitrogens is 1. The second-order valence-electron chi connectivity index (χ2n) is 4.19. The summed E-state index contributed by atoms with van der Waals surface area (Å²) in [5, 5.41) is 18.0. The Labute approximate surface area is 108 Å². The van der Waals surface area contributed by atoms with Crippen LogP contribution in [-0.4, -0.2) is 50.6 Å². The first kappa shape index (κ1) is 13.0. The lowest BCUT2D eigenvalue weighted by Crippen LogP contribution is -2.35. The maximum absolute atomic E-state index is 11.3. The van der Waals surface area contributed by atoms with E-state index in [1.54, 1.807) is 24.3 Å². The van der Waals surface area contributed by atoms with Crippen molar-refractivity contribution in [2.75, 3.05) is 13.6 Å². The number of rotatable bonds is 5. The molecule has 2 aromatic rings. The van der Waals surface area contributed by atoms with Gasteiger partial charge in [0.25, 0.3) is 0 Å². The standard InChI is InChI=1S/C12H13N3O4/c1-15(6-9(16)17)10(12(18)19)11-13-7-4-2-3-5-8(7)14-11/h2-5,10H,6H2,1H3,(H,13,14)(H,16,17)(H,18,19). The monoisotopic (exact) mass is 263 g/mol. The number of nitrogens with one attached hydrogen (secondary N) is 1. The average Bonchev–Trinajstić information content (AvgIpc) is 2.70. The Balaban J connectivity index is 2.38. The van der Waals surface area contributed by atoms with E-state index in [2.05, 4.69) is 9.97 Å². The van der Waals surface area contributed by atoms with Crippen molar-refractivity contribution in [3.05, 3.63) is 30.1 Å². The van der Waals surface area contributed by atoms with Gasteiger partial charge < -0.3 is 15.2 Å². The summed E-state index contributed by atoms with van der Waals surface area (Å²) >= 11 is 0. The van der Waals surface area contributed by atoms with Gasteiger partial charge in [-0.2, -0.15) is 0 Å². The van der Waals surface area contributed by atoms with Crippen molar-refractivity contribution in [3.63, 3.8) is 0 Å². The zero-order chi connectivity index (χ0) is 14.0. The third-order valence-corrected chi connectivity index (χ3v) is 2.73. The van der Waals surface area contributed by atoms with E-state index >= 15 is 0 Å². The van der Waals surface area contributed by atoms with E-state index in [-0.39, 0.29) is 12.4 Å². The summed E-state index contributed by atoms with van der Waals surface area (Å²) in [6.45, 7) is -0.381. The van der Waals surface area contributed by atoms with Crippen molar-refractivity contribution in [1.29, 1.82) is 0 Å². The highest BCUT2D eigenvalue weighted by Gasteiger charge is 2.29. The van der Waals surface area contributed by atoms with E-state index in [1.165, 1.54) is 11.9 Å². The maximum atomic E-state index is 11.3. The number of hydrogen-bond acceptors (Lipinski definition) is 4. The highest BCUT2D eigenvalue weighted by Crippen LogP contribution is 2.20. The van der Waals surface area contributed by atoms with E-state index < -0.39 is 18.0 Å². The summed E-state index contributed by atoms with van der Waals surface area (Å²) in [6, 6.07) is 6.02. The van der Waals surface area contributed by atoms with Gasteiger partial charge in [0.2, 0.25) is 0 Å². The Morgan fingerprint density at radius 1 is 1.37 bits per heavy atom. The molecule has 0 fully saturated rings. The number of hydrogen-bond donors (Lipinski definition) is 3. The molecule has 3 N–H and O–H groups in total. The normalized spacial score (nSPS) is 12.7. The molecule has 0 aliphatic heterocycles. The highest BCUT2D eigenvalue weighted by molar-refractivity contribution is 5.80. The highest BCUT2D eigenvalue weighted by atomic mass is 16.4. The Morgan fingerprint density at radius 3 is 2.63 bits per heavy atom. The molecule has 0 aliphatic carbocycles. The van der Waals surface area contributed by atoms with Gasteiger partial charge in [0.1, 0.15) is 5.82 Å². The fourth-order valence-corrected chi connectivity index (χ4v) is 1.92. The van der Waals surface area contributed by atoms with Crippen LogP contribution in [0.5, 0.6) is 0 Å². The van der Waals surface area contributed by atoms with Gasteiger partial charge >= 0.3 is 11.9 Å². The van der Waals surface area contributed by atoms with Crippen molar-refractivity contribution < 1.29 is 19.8 Å². The number of fused-ring (bicyclic) bond motifs is 1. The first-order valence-electron chi connectivity index (χ1n) is 5.58. The summed E-state index contributed by atoms with van der Waals surface area (Å²) in [4.78, 5) is 30.3. The van der Waals surface area contributed by atoms with Crippen LogP contribution in [0.1, 0.15) is 11.9 Å². The van der Waals surface area contributed by atoms with E-state index in [0.717, 1.165) is 0 Å². The molecule has 0 saturated heterocycles. The van der Waals surface area contributed by atoms with E-state index in [0.29, 0.717) is 11.0 Å². The molecule has 0 radical (unpaired) electrons. The van der Waals surface area contributed by atoms with Crippen LogP contribution in [0.4, 0.5) is 0 Å². The van der Waals surface area contributed by atoms with E-state index in [4.69, 9.17) is 5.11 Å². The van der Waals surface area contributed by atoms with Crippen molar-refractivity contribution in [2.45, 2.75) is 6.04 Å². The van der Waals surface area contributed by atoms with Gasteiger partial charge in [-0.25, -0.2) is 4.98 Å². The van der Waals surface area contributed by atoms with Gasteiger partial charge in [-0.3, -0.25) is 14.5 Å². The quantitative estimate of drug-likeness (QED) is 0.733. The van der Waals surface area contributed by atoms with E-state index in [1.807, 2.05) is 0 Å². The first-order chi connectivity index (χ1) is 8.99. The zero-order valence-corrected chi connectivity index (χ0v) is 10.2. The third-order valence-electron chi connectivity index (χ3n) is 2.73. The second-order valence-corrected chi connectivity index (χ2v) is 4.19. The largest absolute Gasteiger partial charge is 0.480 e. The molecule has 1 heterocycles. The molecule has 1 atom stereocenters. The molecule has 0 amide bonds. The number of carboxylic acid groups (broad SMARTS) is 2. The number of aromatic nitrogens is 2. The maximum Gasteiger partial charge on any atom is 0.328 e. The minimum atomic E-state index is -1.15. The topological polar surface area (TPSA) is 107 Å². The molecule has 2 rings (SSSR count). The molecule has 1 aromatic carbocycles. The summed E-state index contributed by atoms with van der Waals surface area (Å²) in [6.07, 6.45) is 0. The molecule has 100 valence electrons.